The zero-order valence-corrected chi connectivity index (χ0v) is 26.3. The highest BCUT2D eigenvalue weighted by Gasteiger charge is 2.23. The zero-order valence-electron chi connectivity index (χ0n) is 25.2. The summed E-state index contributed by atoms with van der Waals surface area (Å²) in [6.07, 6.45) is 11.7. The first-order valence-corrected chi connectivity index (χ1v) is 14.8. The first kappa shape index (κ1) is 29.1. The van der Waals surface area contributed by atoms with Gasteiger partial charge >= 0.3 is 11.7 Å². The van der Waals surface area contributed by atoms with Crippen LogP contribution >= 0.6 is 9.24 Å². The number of H-pyrrole nitrogens is 1. The van der Waals surface area contributed by atoms with E-state index in [1.54, 1.807) is 36.1 Å². The van der Waals surface area contributed by atoms with Crippen molar-refractivity contribution in [3.05, 3.63) is 101 Å². The fourth-order valence-electron chi connectivity index (χ4n) is 4.98. The van der Waals surface area contributed by atoms with E-state index in [0.29, 0.717) is 34.2 Å². The van der Waals surface area contributed by atoms with Gasteiger partial charge in [-0.05, 0) is 31.2 Å². The molecule has 0 spiro atoms. The number of hydrogen-bond donors (Lipinski definition) is 3. The topological polar surface area (TPSA) is 119 Å². The molecule has 1 aliphatic carbocycles. The average Bonchev–Trinajstić information content (AvgIpc) is 3.46. The number of nitrogens with zero attached hydrogens (tertiary/aromatic N) is 4. The third-order valence-corrected chi connectivity index (χ3v) is 7.79. The van der Waals surface area contributed by atoms with Crippen molar-refractivity contribution in [2.75, 3.05) is 10.6 Å². The molecule has 2 atom stereocenters. The van der Waals surface area contributed by atoms with Gasteiger partial charge in [0.2, 0.25) is 0 Å². The number of aromatic amines is 1. The Kier molecular flexibility index (Phi) is 7.25. The van der Waals surface area contributed by atoms with E-state index in [-0.39, 0.29) is 16.3 Å². The second-order valence-corrected chi connectivity index (χ2v) is 13.3. The second kappa shape index (κ2) is 11.0. The fraction of sp³-hybridized carbons (Fsp3) is 0.212. The van der Waals surface area contributed by atoms with E-state index in [1.807, 2.05) is 48.6 Å². The quantitative estimate of drug-likeness (QED) is 0.187. The molecule has 0 fully saturated rings. The number of carbonyl (C=O) groups is 1. The molecule has 3 N–H and O–H groups in total. The number of nitrogens with one attached hydrogen (secondary N) is 3. The second-order valence-electron chi connectivity index (χ2n) is 12.1. The molecular formula is C33H34N7O3P. The van der Waals surface area contributed by atoms with Crippen molar-refractivity contribution < 1.29 is 9.53 Å². The Bertz CT molecular complexity index is 2070. The van der Waals surface area contributed by atoms with Crippen molar-refractivity contribution >= 4 is 54.4 Å². The Balaban J connectivity index is 1.30. The van der Waals surface area contributed by atoms with Gasteiger partial charge in [-0.25, -0.2) is 19.3 Å². The molecule has 2 unspecified atom stereocenters. The highest BCUT2D eigenvalue weighted by Crippen LogP contribution is 2.36. The van der Waals surface area contributed by atoms with Gasteiger partial charge < -0.3 is 10.1 Å². The number of carbonyl (C=O) groups excluding carboxylic acids is 1. The standard InChI is InChI=1S/C33H34N7O3P/c1-32(2,3)26-19-27(40(38-26)20-9-8-16-33(4,44)17-14-20)36-30(41)35-23-12-13-24(22-11-7-6-10-21(22)23)43-25-15-18-34-29-28(25)39(5)31(42)37-29/h6-19H,44H2,1-5H3,(H,34,37,42)(H2,35,36,41). The number of benzene rings is 2. The minimum absolute atomic E-state index is 0.179. The number of aryl methyl sites for hydroxylation is 1. The van der Waals surface area contributed by atoms with Gasteiger partial charge in [0.25, 0.3) is 0 Å². The van der Waals surface area contributed by atoms with Crippen LogP contribution < -0.4 is 21.1 Å². The molecule has 10 nitrogen and oxygen atoms in total. The largest absolute Gasteiger partial charge is 0.454 e. The molecule has 0 saturated carbocycles. The number of amides is 2. The number of anilines is 2. The molecule has 11 heteroatoms. The Labute approximate surface area is 256 Å². The number of imidazole rings is 1. The van der Waals surface area contributed by atoms with Crippen LogP contribution in [0.15, 0.2) is 89.9 Å². The minimum atomic E-state index is -0.409. The van der Waals surface area contributed by atoms with Gasteiger partial charge in [-0.3, -0.25) is 14.9 Å². The highest BCUT2D eigenvalue weighted by molar-refractivity contribution is 7.19. The maximum atomic E-state index is 13.5. The van der Waals surface area contributed by atoms with E-state index in [4.69, 9.17) is 9.84 Å². The van der Waals surface area contributed by atoms with Gasteiger partial charge in [-0.1, -0.05) is 63.3 Å². The van der Waals surface area contributed by atoms with Gasteiger partial charge in [0.05, 0.1) is 17.1 Å². The lowest BCUT2D eigenvalue weighted by atomic mass is 9.92. The van der Waals surface area contributed by atoms with E-state index >= 15 is 0 Å². The summed E-state index contributed by atoms with van der Waals surface area (Å²) in [5.74, 6) is 1.61. The third kappa shape index (κ3) is 5.68. The predicted molar refractivity (Wildman–Crippen MR) is 180 cm³/mol. The van der Waals surface area contributed by atoms with Crippen molar-refractivity contribution in [2.45, 2.75) is 38.3 Å². The summed E-state index contributed by atoms with van der Waals surface area (Å²) in [5, 5.41) is 12.3. The van der Waals surface area contributed by atoms with Gasteiger partial charge in [0.1, 0.15) is 17.1 Å². The number of rotatable bonds is 5. The van der Waals surface area contributed by atoms with E-state index in [0.717, 1.165) is 22.2 Å². The summed E-state index contributed by atoms with van der Waals surface area (Å²) in [4.78, 5) is 32.6. The minimum Gasteiger partial charge on any atom is -0.454 e. The number of hydrogen-bond acceptors (Lipinski definition) is 5. The van der Waals surface area contributed by atoms with Crippen molar-refractivity contribution in [3.63, 3.8) is 0 Å². The van der Waals surface area contributed by atoms with Crippen LogP contribution in [-0.4, -0.2) is 35.5 Å². The molecule has 1 aliphatic rings. The Morgan fingerprint density at radius 2 is 1.82 bits per heavy atom. The van der Waals surface area contributed by atoms with E-state index < -0.39 is 6.03 Å². The van der Waals surface area contributed by atoms with E-state index in [9.17, 15) is 9.59 Å². The molecule has 0 bridgehead atoms. The normalized spacial score (nSPS) is 16.6. The average molecular weight is 608 g/mol. The maximum absolute atomic E-state index is 13.5. The lowest BCUT2D eigenvalue weighted by Crippen LogP contribution is -2.21. The Morgan fingerprint density at radius 3 is 2.59 bits per heavy atom. The van der Waals surface area contributed by atoms with Crippen molar-refractivity contribution in [1.82, 2.24) is 24.3 Å². The lowest BCUT2D eigenvalue weighted by Gasteiger charge is -2.15. The Hall–Kier alpha value is -4.95. The molecule has 44 heavy (non-hydrogen) atoms. The molecule has 0 radical (unpaired) electrons. The van der Waals surface area contributed by atoms with Crippen LogP contribution in [0.2, 0.25) is 0 Å². The number of fused-ring (bicyclic) bond motifs is 2. The summed E-state index contributed by atoms with van der Waals surface area (Å²) < 4.78 is 9.54. The molecular weight excluding hydrogens is 573 g/mol. The zero-order chi connectivity index (χ0) is 31.2. The number of ether oxygens (including phenoxy) is 1. The van der Waals surface area contributed by atoms with Crippen LogP contribution in [0, 0.1) is 0 Å². The number of urea groups is 1. The predicted octanol–water partition coefficient (Wildman–Crippen LogP) is 6.95. The molecule has 0 aliphatic heterocycles. The smallest absolute Gasteiger partial charge is 0.327 e. The van der Waals surface area contributed by atoms with Crippen molar-refractivity contribution in [3.8, 4) is 11.5 Å². The summed E-state index contributed by atoms with van der Waals surface area (Å²) in [7, 11) is 4.49. The number of allylic oxidation sites excluding steroid dienone is 6. The molecule has 2 aromatic carbocycles. The van der Waals surface area contributed by atoms with Crippen molar-refractivity contribution in [2.24, 2.45) is 7.05 Å². The SMILES string of the molecule is Cn1c(=O)[nH]c2nccc(Oc3ccc(NC(=O)Nc4cc(C(C)(C)C)nn4C4=CC=CC(C)(P)C=C4)c4ccccc34)c21. The summed E-state index contributed by atoms with van der Waals surface area (Å²) in [6.45, 7) is 8.35. The van der Waals surface area contributed by atoms with Gasteiger partial charge in [0.15, 0.2) is 11.4 Å². The summed E-state index contributed by atoms with van der Waals surface area (Å²) in [6, 6.07) is 14.4. The highest BCUT2D eigenvalue weighted by atomic mass is 31.0. The van der Waals surface area contributed by atoms with Crippen LogP contribution in [-0.2, 0) is 12.5 Å². The van der Waals surface area contributed by atoms with Crippen LogP contribution in [0.4, 0.5) is 16.3 Å². The molecule has 5 aromatic rings. The summed E-state index contributed by atoms with van der Waals surface area (Å²) in [5.41, 5.74) is 2.79. The summed E-state index contributed by atoms with van der Waals surface area (Å²) >= 11 is 0. The number of aromatic nitrogens is 5. The van der Waals surface area contributed by atoms with Crippen LogP contribution in [0.5, 0.6) is 11.5 Å². The van der Waals surface area contributed by atoms with Gasteiger partial charge in [0, 0.05) is 46.7 Å². The molecule has 224 valence electrons. The van der Waals surface area contributed by atoms with Gasteiger partial charge in [-0.15, -0.1) is 9.24 Å². The van der Waals surface area contributed by atoms with E-state index in [2.05, 4.69) is 69.7 Å². The molecule has 6 rings (SSSR count). The molecule has 3 heterocycles. The van der Waals surface area contributed by atoms with Gasteiger partial charge in [-0.2, -0.15) is 5.10 Å². The van der Waals surface area contributed by atoms with Crippen LogP contribution in [0.25, 0.3) is 27.6 Å². The molecule has 0 saturated heterocycles. The number of pyridine rings is 1. The lowest BCUT2D eigenvalue weighted by molar-refractivity contribution is 0.262. The fourth-order valence-corrected chi connectivity index (χ4v) is 5.19. The van der Waals surface area contributed by atoms with Crippen LogP contribution in [0.3, 0.4) is 0 Å². The first-order valence-electron chi connectivity index (χ1n) is 14.2. The Morgan fingerprint density at radius 1 is 1.05 bits per heavy atom. The first-order chi connectivity index (χ1) is 20.9. The maximum Gasteiger partial charge on any atom is 0.327 e. The molecule has 3 aromatic heterocycles. The monoisotopic (exact) mass is 607 g/mol. The van der Waals surface area contributed by atoms with Crippen molar-refractivity contribution in [1.29, 1.82) is 0 Å². The van der Waals surface area contributed by atoms with Crippen LogP contribution in [0.1, 0.15) is 33.4 Å². The third-order valence-electron chi connectivity index (χ3n) is 7.40. The van der Waals surface area contributed by atoms with E-state index in [1.165, 1.54) is 4.57 Å². The molecule has 2 amide bonds.